The van der Waals surface area contributed by atoms with E-state index in [-0.39, 0.29) is 5.56 Å². The predicted molar refractivity (Wildman–Crippen MR) is 72.7 cm³/mol. The van der Waals surface area contributed by atoms with E-state index in [0.717, 1.165) is 0 Å². The lowest BCUT2D eigenvalue weighted by Gasteiger charge is -2.21. The highest BCUT2D eigenvalue weighted by molar-refractivity contribution is 5.87. The van der Waals surface area contributed by atoms with Crippen molar-refractivity contribution >= 4 is 5.97 Å². The number of carbonyl (C=O) groups is 1. The average Bonchev–Trinajstić information content (AvgIpc) is 2.39. The van der Waals surface area contributed by atoms with Crippen LogP contribution in [-0.2, 0) is 0 Å². The van der Waals surface area contributed by atoms with E-state index in [9.17, 15) is 9.90 Å². The Morgan fingerprint density at radius 2 is 2.00 bits per heavy atom. The molecule has 0 aromatic heterocycles. The molecule has 3 N–H and O–H groups in total. The molecule has 0 saturated carbocycles. The van der Waals surface area contributed by atoms with E-state index in [1.54, 1.807) is 19.1 Å². The Morgan fingerprint density at radius 1 is 1.37 bits per heavy atom. The zero-order chi connectivity index (χ0) is 14.3. The zero-order valence-electron chi connectivity index (χ0n) is 11.3. The van der Waals surface area contributed by atoms with Crippen LogP contribution in [0, 0.1) is 0 Å². The van der Waals surface area contributed by atoms with Crippen molar-refractivity contribution in [2.24, 2.45) is 0 Å². The molecule has 0 spiro atoms. The van der Waals surface area contributed by atoms with Gasteiger partial charge in [-0.15, -0.1) is 0 Å². The van der Waals surface area contributed by atoms with E-state index in [0.29, 0.717) is 31.9 Å². The van der Waals surface area contributed by atoms with E-state index >= 15 is 0 Å². The van der Waals surface area contributed by atoms with E-state index in [4.69, 9.17) is 9.84 Å². The molecule has 1 aromatic carbocycles. The SMILES string of the molecule is CCC(C)(O)CNCCOc1ccc(C(=O)O)cc1. The highest BCUT2D eigenvalue weighted by Gasteiger charge is 2.15. The number of aromatic carboxylic acids is 1. The Bertz CT molecular complexity index is 400. The van der Waals surface area contributed by atoms with E-state index in [2.05, 4.69) is 5.32 Å². The lowest BCUT2D eigenvalue weighted by atomic mass is 10.0. The number of aliphatic hydroxyl groups is 1. The number of ether oxygens (including phenoxy) is 1. The topological polar surface area (TPSA) is 78.8 Å². The summed E-state index contributed by atoms with van der Waals surface area (Å²) in [5, 5.41) is 21.6. The molecule has 19 heavy (non-hydrogen) atoms. The molecule has 0 radical (unpaired) electrons. The normalized spacial score (nSPS) is 13.8. The van der Waals surface area contributed by atoms with Crippen LogP contribution in [0.25, 0.3) is 0 Å². The Kier molecular flexibility index (Phi) is 5.79. The molecule has 5 heteroatoms. The van der Waals surface area contributed by atoms with Gasteiger partial charge in [-0.25, -0.2) is 4.79 Å². The third-order valence-corrected chi connectivity index (χ3v) is 2.92. The maximum atomic E-state index is 10.7. The summed E-state index contributed by atoms with van der Waals surface area (Å²) in [7, 11) is 0. The van der Waals surface area contributed by atoms with Crippen LogP contribution in [0.1, 0.15) is 30.6 Å². The summed E-state index contributed by atoms with van der Waals surface area (Å²) in [5.41, 5.74) is -0.451. The van der Waals surface area contributed by atoms with Gasteiger partial charge in [0.05, 0.1) is 11.2 Å². The molecule has 0 bridgehead atoms. The Labute approximate surface area is 113 Å². The number of hydrogen-bond acceptors (Lipinski definition) is 4. The van der Waals surface area contributed by atoms with Crippen molar-refractivity contribution in [3.8, 4) is 5.75 Å². The smallest absolute Gasteiger partial charge is 0.335 e. The number of hydrogen-bond donors (Lipinski definition) is 3. The lowest BCUT2D eigenvalue weighted by Crippen LogP contribution is -2.38. The van der Waals surface area contributed by atoms with Crippen LogP contribution in [0.15, 0.2) is 24.3 Å². The monoisotopic (exact) mass is 267 g/mol. The molecule has 0 amide bonds. The molecule has 1 atom stereocenters. The minimum atomic E-state index is -0.949. The first-order valence-electron chi connectivity index (χ1n) is 6.34. The van der Waals surface area contributed by atoms with Crippen molar-refractivity contribution in [2.45, 2.75) is 25.9 Å². The maximum absolute atomic E-state index is 10.7. The highest BCUT2D eigenvalue weighted by atomic mass is 16.5. The Balaban J connectivity index is 2.24. The van der Waals surface area contributed by atoms with Gasteiger partial charge in [-0.05, 0) is 37.6 Å². The molecule has 1 aromatic rings. The number of nitrogens with one attached hydrogen (secondary N) is 1. The summed E-state index contributed by atoms with van der Waals surface area (Å²) in [6.45, 7) is 5.32. The minimum absolute atomic E-state index is 0.240. The summed E-state index contributed by atoms with van der Waals surface area (Å²) < 4.78 is 5.45. The summed E-state index contributed by atoms with van der Waals surface area (Å²) in [5.74, 6) is -0.316. The van der Waals surface area contributed by atoms with Crippen molar-refractivity contribution in [2.75, 3.05) is 19.7 Å². The van der Waals surface area contributed by atoms with Crippen LogP contribution in [0.4, 0.5) is 0 Å². The van der Waals surface area contributed by atoms with Crippen LogP contribution >= 0.6 is 0 Å². The van der Waals surface area contributed by atoms with Crippen LogP contribution < -0.4 is 10.1 Å². The van der Waals surface area contributed by atoms with Gasteiger partial charge in [-0.1, -0.05) is 6.92 Å². The molecule has 0 fully saturated rings. The molecule has 0 heterocycles. The van der Waals surface area contributed by atoms with Crippen molar-refractivity contribution < 1.29 is 19.7 Å². The molecular formula is C14H21NO4. The highest BCUT2D eigenvalue weighted by Crippen LogP contribution is 2.12. The fourth-order valence-corrected chi connectivity index (χ4v) is 1.42. The second-order valence-corrected chi connectivity index (χ2v) is 4.71. The van der Waals surface area contributed by atoms with Crippen molar-refractivity contribution in [3.63, 3.8) is 0 Å². The molecule has 0 aliphatic carbocycles. The Hall–Kier alpha value is -1.59. The molecule has 0 aliphatic heterocycles. The summed E-state index contributed by atoms with van der Waals surface area (Å²) >= 11 is 0. The van der Waals surface area contributed by atoms with Gasteiger partial charge in [0, 0.05) is 13.1 Å². The molecule has 0 aliphatic rings. The van der Waals surface area contributed by atoms with Gasteiger partial charge in [-0.2, -0.15) is 0 Å². The van der Waals surface area contributed by atoms with Gasteiger partial charge in [-0.3, -0.25) is 0 Å². The van der Waals surface area contributed by atoms with Crippen molar-refractivity contribution in [1.82, 2.24) is 5.32 Å². The summed E-state index contributed by atoms with van der Waals surface area (Å²) in [6.07, 6.45) is 0.692. The van der Waals surface area contributed by atoms with E-state index in [1.807, 2.05) is 6.92 Å². The summed E-state index contributed by atoms with van der Waals surface area (Å²) in [4.78, 5) is 10.7. The molecule has 0 saturated heterocycles. The molecule has 1 rings (SSSR count). The summed E-state index contributed by atoms with van der Waals surface area (Å²) in [6, 6.07) is 6.28. The molecule has 5 nitrogen and oxygen atoms in total. The standard InChI is InChI=1S/C14H21NO4/c1-3-14(2,18)10-15-8-9-19-12-6-4-11(5-7-12)13(16)17/h4-7,15,18H,3,8-10H2,1-2H3,(H,16,17). The Morgan fingerprint density at radius 3 is 2.53 bits per heavy atom. The molecule has 1 unspecified atom stereocenters. The molecular weight excluding hydrogens is 246 g/mol. The van der Waals surface area contributed by atoms with Crippen LogP contribution in [0.3, 0.4) is 0 Å². The number of carboxylic acid groups (broad SMARTS) is 1. The average molecular weight is 267 g/mol. The first kappa shape index (κ1) is 15.5. The third kappa shape index (κ3) is 5.72. The van der Waals surface area contributed by atoms with Gasteiger partial charge in [0.15, 0.2) is 0 Å². The van der Waals surface area contributed by atoms with Gasteiger partial charge in [0.25, 0.3) is 0 Å². The fourth-order valence-electron chi connectivity index (χ4n) is 1.42. The molecule has 106 valence electrons. The third-order valence-electron chi connectivity index (χ3n) is 2.92. The fraction of sp³-hybridized carbons (Fsp3) is 0.500. The van der Waals surface area contributed by atoms with E-state index < -0.39 is 11.6 Å². The van der Waals surface area contributed by atoms with Crippen molar-refractivity contribution in [3.05, 3.63) is 29.8 Å². The van der Waals surface area contributed by atoms with Crippen LogP contribution in [0.2, 0.25) is 0 Å². The quantitative estimate of drug-likeness (QED) is 0.622. The second kappa shape index (κ2) is 7.11. The first-order valence-corrected chi connectivity index (χ1v) is 6.34. The largest absolute Gasteiger partial charge is 0.492 e. The van der Waals surface area contributed by atoms with Crippen LogP contribution in [-0.4, -0.2) is 41.5 Å². The lowest BCUT2D eigenvalue weighted by molar-refractivity contribution is 0.0551. The van der Waals surface area contributed by atoms with Crippen molar-refractivity contribution in [1.29, 1.82) is 0 Å². The van der Waals surface area contributed by atoms with Gasteiger partial charge in [0.1, 0.15) is 12.4 Å². The second-order valence-electron chi connectivity index (χ2n) is 4.71. The van der Waals surface area contributed by atoms with E-state index in [1.165, 1.54) is 12.1 Å². The number of benzene rings is 1. The first-order chi connectivity index (χ1) is 8.94. The van der Waals surface area contributed by atoms with Gasteiger partial charge < -0.3 is 20.3 Å². The maximum Gasteiger partial charge on any atom is 0.335 e. The zero-order valence-corrected chi connectivity index (χ0v) is 11.3. The van der Waals surface area contributed by atoms with Gasteiger partial charge >= 0.3 is 5.97 Å². The van der Waals surface area contributed by atoms with Gasteiger partial charge in [0.2, 0.25) is 0 Å². The van der Waals surface area contributed by atoms with Crippen LogP contribution in [0.5, 0.6) is 5.75 Å². The number of rotatable bonds is 8. The minimum Gasteiger partial charge on any atom is -0.492 e. The predicted octanol–water partition coefficient (Wildman–Crippen LogP) is 1.51. The number of carboxylic acids is 1.